The summed E-state index contributed by atoms with van der Waals surface area (Å²) in [7, 11) is -4.15. The first kappa shape index (κ1) is 34.9. The Bertz CT molecular complexity index is 1780. The average molecular weight is 666 g/mol. The van der Waals surface area contributed by atoms with E-state index in [4.69, 9.17) is 0 Å². The van der Waals surface area contributed by atoms with E-state index in [0.29, 0.717) is 12.1 Å². The van der Waals surface area contributed by atoms with Crippen molar-refractivity contribution < 1.29 is 18.0 Å². The molecule has 1 aliphatic rings. The molecule has 0 heterocycles. The molecule has 1 atom stereocenters. The zero-order valence-corrected chi connectivity index (χ0v) is 29.2. The molecule has 1 aliphatic carbocycles. The lowest BCUT2D eigenvalue weighted by Crippen LogP contribution is -2.54. The summed E-state index contributed by atoms with van der Waals surface area (Å²) < 4.78 is 29.9. The summed E-state index contributed by atoms with van der Waals surface area (Å²) >= 11 is 0. The van der Waals surface area contributed by atoms with Gasteiger partial charge in [-0.25, -0.2) is 8.42 Å². The van der Waals surface area contributed by atoms with E-state index in [1.807, 2.05) is 80.6 Å². The fraction of sp³-hybridized carbons (Fsp3) is 0.350. The molecule has 0 aromatic heterocycles. The summed E-state index contributed by atoms with van der Waals surface area (Å²) in [5.74, 6) is -0.420. The van der Waals surface area contributed by atoms with Gasteiger partial charge in [0.2, 0.25) is 11.8 Å². The van der Waals surface area contributed by atoms with Gasteiger partial charge < -0.3 is 10.2 Å². The quantitative estimate of drug-likeness (QED) is 0.162. The van der Waals surface area contributed by atoms with E-state index >= 15 is 0 Å². The van der Waals surface area contributed by atoms with Crippen LogP contribution in [0.2, 0.25) is 0 Å². The first-order valence-electron chi connectivity index (χ1n) is 16.9. The second kappa shape index (κ2) is 15.6. The number of anilines is 1. The highest BCUT2D eigenvalue weighted by molar-refractivity contribution is 7.92. The van der Waals surface area contributed by atoms with Crippen LogP contribution in [-0.2, 0) is 32.6 Å². The largest absolute Gasteiger partial charge is 0.352 e. The van der Waals surface area contributed by atoms with E-state index in [1.165, 1.54) is 4.31 Å². The first-order chi connectivity index (χ1) is 23.0. The molecule has 7 nitrogen and oxygen atoms in total. The van der Waals surface area contributed by atoms with Gasteiger partial charge in [0.15, 0.2) is 0 Å². The van der Waals surface area contributed by atoms with Crippen LogP contribution < -0.4 is 9.62 Å². The second-order valence-electron chi connectivity index (χ2n) is 13.2. The van der Waals surface area contributed by atoms with E-state index in [0.717, 1.165) is 53.5 Å². The van der Waals surface area contributed by atoms with E-state index in [2.05, 4.69) is 19.2 Å². The number of sulfonamides is 1. The van der Waals surface area contributed by atoms with Crippen molar-refractivity contribution in [2.75, 3.05) is 10.8 Å². The van der Waals surface area contributed by atoms with Gasteiger partial charge >= 0.3 is 0 Å². The molecular formula is C40H47N3O4S. The van der Waals surface area contributed by atoms with Crippen molar-refractivity contribution in [3.05, 3.63) is 131 Å². The molecule has 8 heteroatoms. The van der Waals surface area contributed by atoms with Crippen molar-refractivity contribution in [1.29, 1.82) is 0 Å². The lowest BCUT2D eigenvalue weighted by atomic mass is 10.0. The first-order valence-corrected chi connectivity index (χ1v) is 18.3. The number of nitrogens with one attached hydrogen (secondary N) is 1. The van der Waals surface area contributed by atoms with Crippen LogP contribution in [0.1, 0.15) is 73.3 Å². The number of aryl methyl sites for hydroxylation is 2. The van der Waals surface area contributed by atoms with Gasteiger partial charge in [-0.3, -0.25) is 13.9 Å². The van der Waals surface area contributed by atoms with E-state index in [9.17, 15) is 18.0 Å². The number of carbonyl (C=O) groups is 2. The Morgan fingerprint density at radius 1 is 0.812 bits per heavy atom. The van der Waals surface area contributed by atoms with Gasteiger partial charge in [-0.2, -0.15) is 0 Å². The molecular weight excluding hydrogens is 619 g/mol. The highest BCUT2D eigenvalue weighted by Gasteiger charge is 2.35. The zero-order chi connectivity index (χ0) is 34.3. The predicted molar refractivity (Wildman–Crippen MR) is 192 cm³/mol. The SMILES string of the molecule is Cc1ccc(S(=O)(=O)N(CC(=O)N(Cc2ccccc2C)[C@@H](Cc2ccccc2)C(=O)NC2CCCC2)c2ccc(C(C)C)cc2)cc1. The molecule has 5 rings (SSSR count). The molecule has 1 fully saturated rings. The highest BCUT2D eigenvalue weighted by Crippen LogP contribution is 2.28. The van der Waals surface area contributed by atoms with Crippen LogP contribution in [-0.4, -0.2) is 43.8 Å². The summed E-state index contributed by atoms with van der Waals surface area (Å²) in [6, 6.07) is 30.6. The Hall–Kier alpha value is -4.43. The number of hydrogen-bond acceptors (Lipinski definition) is 4. The van der Waals surface area contributed by atoms with Gasteiger partial charge in [0, 0.05) is 19.0 Å². The molecule has 2 amide bonds. The average Bonchev–Trinajstić information content (AvgIpc) is 3.59. The van der Waals surface area contributed by atoms with Crippen LogP contribution in [0.4, 0.5) is 5.69 Å². The van der Waals surface area contributed by atoms with E-state index in [-0.39, 0.29) is 29.3 Å². The van der Waals surface area contributed by atoms with Gasteiger partial charge in [0.05, 0.1) is 10.6 Å². The van der Waals surface area contributed by atoms with Crippen LogP contribution in [0.15, 0.2) is 108 Å². The molecule has 0 bridgehead atoms. The summed E-state index contributed by atoms with van der Waals surface area (Å²) in [6.07, 6.45) is 4.23. The van der Waals surface area contributed by atoms with Crippen LogP contribution in [0, 0.1) is 13.8 Å². The van der Waals surface area contributed by atoms with Crippen molar-refractivity contribution in [3.63, 3.8) is 0 Å². The Morgan fingerprint density at radius 3 is 2.06 bits per heavy atom. The van der Waals surface area contributed by atoms with Gasteiger partial charge in [-0.1, -0.05) is 111 Å². The molecule has 4 aromatic carbocycles. The highest BCUT2D eigenvalue weighted by atomic mass is 32.2. The van der Waals surface area contributed by atoms with Gasteiger partial charge in [-0.15, -0.1) is 0 Å². The van der Waals surface area contributed by atoms with Crippen molar-refractivity contribution in [3.8, 4) is 0 Å². The van der Waals surface area contributed by atoms with Crippen molar-refractivity contribution in [2.45, 2.75) is 89.2 Å². The van der Waals surface area contributed by atoms with Crippen LogP contribution >= 0.6 is 0 Å². The maximum Gasteiger partial charge on any atom is 0.264 e. The Balaban J connectivity index is 1.58. The number of amides is 2. The van der Waals surface area contributed by atoms with Crippen molar-refractivity contribution in [2.24, 2.45) is 0 Å². The Kier molecular flexibility index (Phi) is 11.4. The Labute approximate surface area is 286 Å². The van der Waals surface area contributed by atoms with E-state index < -0.39 is 28.5 Å². The minimum atomic E-state index is -4.15. The topological polar surface area (TPSA) is 86.8 Å². The number of carbonyl (C=O) groups excluding carboxylic acids is 2. The smallest absolute Gasteiger partial charge is 0.264 e. The number of rotatable bonds is 13. The molecule has 0 spiro atoms. The molecule has 4 aromatic rings. The van der Waals surface area contributed by atoms with Crippen molar-refractivity contribution >= 4 is 27.5 Å². The fourth-order valence-electron chi connectivity index (χ4n) is 6.28. The number of benzene rings is 4. The lowest BCUT2D eigenvalue weighted by Gasteiger charge is -2.34. The summed E-state index contributed by atoms with van der Waals surface area (Å²) in [5, 5.41) is 3.23. The maximum atomic E-state index is 14.8. The third-order valence-electron chi connectivity index (χ3n) is 9.31. The molecule has 0 unspecified atom stereocenters. The summed E-state index contributed by atoms with van der Waals surface area (Å²) in [4.78, 5) is 30.6. The second-order valence-corrected chi connectivity index (χ2v) is 15.1. The van der Waals surface area contributed by atoms with Gasteiger partial charge in [-0.05, 0) is 79.1 Å². The molecule has 1 saturated carbocycles. The minimum absolute atomic E-state index is 0.0593. The maximum absolute atomic E-state index is 14.8. The molecule has 0 saturated heterocycles. The molecule has 48 heavy (non-hydrogen) atoms. The van der Waals surface area contributed by atoms with Gasteiger partial charge in [0.1, 0.15) is 12.6 Å². The third-order valence-corrected chi connectivity index (χ3v) is 11.1. The predicted octanol–water partition coefficient (Wildman–Crippen LogP) is 7.32. The van der Waals surface area contributed by atoms with Gasteiger partial charge in [0.25, 0.3) is 10.0 Å². The van der Waals surface area contributed by atoms with Crippen LogP contribution in [0.25, 0.3) is 0 Å². The molecule has 252 valence electrons. The zero-order valence-electron chi connectivity index (χ0n) is 28.4. The summed E-state index contributed by atoms with van der Waals surface area (Å²) in [6.45, 7) is 7.72. The third kappa shape index (κ3) is 8.53. The van der Waals surface area contributed by atoms with E-state index in [1.54, 1.807) is 41.3 Å². The van der Waals surface area contributed by atoms with Crippen LogP contribution in [0.3, 0.4) is 0 Å². The molecule has 0 aliphatic heterocycles. The van der Waals surface area contributed by atoms with Crippen molar-refractivity contribution in [1.82, 2.24) is 10.2 Å². The molecule has 0 radical (unpaired) electrons. The normalized spacial score (nSPS) is 14.1. The lowest BCUT2D eigenvalue weighted by molar-refractivity contribution is -0.140. The molecule has 1 N–H and O–H groups in total. The number of nitrogens with zero attached hydrogens (tertiary/aromatic N) is 2. The minimum Gasteiger partial charge on any atom is -0.352 e. The fourth-order valence-corrected chi connectivity index (χ4v) is 7.70. The Morgan fingerprint density at radius 2 is 1.44 bits per heavy atom. The monoisotopic (exact) mass is 665 g/mol. The summed E-state index contributed by atoms with van der Waals surface area (Å²) in [5.41, 5.74) is 5.18. The number of hydrogen-bond donors (Lipinski definition) is 1. The van der Waals surface area contributed by atoms with Crippen LogP contribution in [0.5, 0.6) is 0 Å². The standard InChI is InChI=1S/C40H47N3O4S/c1-29(2)33-20-22-36(23-21-33)43(48(46,47)37-24-18-30(3)19-25-37)28-39(44)42(27-34-15-9-8-12-31(34)4)38(26-32-13-6-5-7-14-32)40(45)41-35-16-10-11-17-35/h5-9,12-15,18-25,29,35,38H,10-11,16-17,26-28H2,1-4H3,(H,41,45)/t38-/m0/s1.